The monoisotopic (exact) mass is 419 g/mol. The van der Waals surface area contributed by atoms with E-state index in [2.05, 4.69) is 4.98 Å². The second kappa shape index (κ2) is 8.20. The van der Waals surface area contributed by atoms with E-state index < -0.39 is 18.4 Å². The molecule has 1 heterocycles. The lowest BCUT2D eigenvalue weighted by molar-refractivity contribution is -0.137. The van der Waals surface area contributed by atoms with Crippen LogP contribution in [0.15, 0.2) is 42.7 Å². The Kier molecular flexibility index (Phi) is 5.91. The predicted octanol–water partition coefficient (Wildman–Crippen LogP) is 4.65. The van der Waals surface area contributed by atoms with Gasteiger partial charge in [-0.15, -0.1) is 0 Å². The maximum Gasteiger partial charge on any atom is 0.323 e. The summed E-state index contributed by atoms with van der Waals surface area (Å²) in [6.07, 6.45) is 1.73. The molecule has 1 N–H and O–H groups in total. The number of hydrogen-bond donors (Lipinski definition) is 1. The van der Waals surface area contributed by atoms with Crippen molar-refractivity contribution in [2.45, 2.75) is 26.4 Å². The van der Waals surface area contributed by atoms with Gasteiger partial charge in [0, 0.05) is 18.2 Å². The third kappa shape index (κ3) is 4.29. The van der Waals surface area contributed by atoms with Crippen LogP contribution in [0.4, 0.5) is 0 Å². The van der Waals surface area contributed by atoms with E-state index in [0.29, 0.717) is 26.7 Å². The smallest absolute Gasteiger partial charge is 0.323 e. The fraction of sp³-hybridized carbons (Fsp3) is 0.250. The Morgan fingerprint density at radius 1 is 1.14 bits per heavy atom. The molecule has 0 atom stereocenters. The number of carboxylic acid groups (broad SMARTS) is 1. The molecule has 0 bridgehead atoms. The summed E-state index contributed by atoms with van der Waals surface area (Å²) in [5.41, 5.74) is 2.67. The van der Waals surface area contributed by atoms with Crippen LogP contribution >= 0.6 is 23.2 Å². The van der Waals surface area contributed by atoms with Gasteiger partial charge in [-0.05, 0) is 49.7 Å². The van der Waals surface area contributed by atoms with Crippen LogP contribution in [0.1, 0.15) is 35.8 Å². The highest BCUT2D eigenvalue weighted by Crippen LogP contribution is 2.24. The minimum absolute atomic E-state index is 0.0977. The molecule has 0 spiro atoms. The van der Waals surface area contributed by atoms with Crippen LogP contribution in [0.2, 0.25) is 10.0 Å². The largest absolute Gasteiger partial charge is 0.480 e. The normalized spacial score (nSPS) is 11.2. The lowest BCUT2D eigenvalue weighted by Crippen LogP contribution is -2.35. The first-order chi connectivity index (χ1) is 13.3. The Bertz CT molecular complexity index is 1050. The minimum Gasteiger partial charge on any atom is -0.480 e. The number of amides is 1. The number of carbonyl (C=O) groups is 2. The molecule has 28 heavy (non-hydrogen) atoms. The predicted molar refractivity (Wildman–Crippen MR) is 109 cm³/mol. The molecule has 0 saturated heterocycles. The lowest BCUT2D eigenvalue weighted by Gasteiger charge is -2.21. The SMILES string of the molecule is CC(C)n1cnc2cc(C(=O)N(CC(=O)O)Cc3ccc(Cl)c(Cl)c3)ccc21. The van der Waals surface area contributed by atoms with Crippen LogP contribution in [0, 0.1) is 0 Å². The minimum atomic E-state index is -1.10. The van der Waals surface area contributed by atoms with Crippen LogP contribution in [0.25, 0.3) is 11.0 Å². The van der Waals surface area contributed by atoms with Crippen LogP contribution in [-0.4, -0.2) is 38.0 Å². The first-order valence-corrected chi connectivity index (χ1v) is 9.43. The van der Waals surface area contributed by atoms with Gasteiger partial charge < -0.3 is 14.6 Å². The molecule has 146 valence electrons. The molecule has 0 aliphatic rings. The molecule has 1 amide bonds. The van der Waals surface area contributed by atoms with Gasteiger partial charge in [0.05, 0.1) is 27.4 Å². The maximum absolute atomic E-state index is 13.0. The number of aliphatic carboxylic acids is 1. The van der Waals surface area contributed by atoms with Crippen molar-refractivity contribution in [2.75, 3.05) is 6.54 Å². The van der Waals surface area contributed by atoms with Crippen LogP contribution in [0.5, 0.6) is 0 Å². The molecular weight excluding hydrogens is 401 g/mol. The fourth-order valence-electron chi connectivity index (χ4n) is 2.98. The zero-order valence-corrected chi connectivity index (χ0v) is 16.9. The zero-order valence-electron chi connectivity index (χ0n) is 15.4. The van der Waals surface area contributed by atoms with Gasteiger partial charge >= 0.3 is 5.97 Å². The number of fused-ring (bicyclic) bond motifs is 1. The number of halogens is 2. The second-order valence-electron chi connectivity index (χ2n) is 6.75. The molecule has 8 heteroatoms. The molecule has 1 aromatic heterocycles. The van der Waals surface area contributed by atoms with Gasteiger partial charge in [0.2, 0.25) is 0 Å². The van der Waals surface area contributed by atoms with E-state index in [1.165, 1.54) is 4.90 Å². The summed E-state index contributed by atoms with van der Waals surface area (Å²) >= 11 is 12.0. The van der Waals surface area contributed by atoms with Crippen molar-refractivity contribution in [3.8, 4) is 0 Å². The van der Waals surface area contributed by atoms with Gasteiger partial charge in [-0.3, -0.25) is 9.59 Å². The van der Waals surface area contributed by atoms with Gasteiger partial charge in [0.15, 0.2) is 0 Å². The number of rotatable bonds is 6. The summed E-state index contributed by atoms with van der Waals surface area (Å²) in [5, 5.41) is 9.98. The highest BCUT2D eigenvalue weighted by molar-refractivity contribution is 6.42. The van der Waals surface area contributed by atoms with Crippen LogP contribution in [-0.2, 0) is 11.3 Å². The standard InChI is InChI=1S/C20H19Cl2N3O3/c1-12(2)25-11-23-17-8-14(4-6-18(17)25)20(28)24(10-19(26)27)9-13-3-5-15(21)16(22)7-13/h3-8,11-12H,9-10H2,1-2H3,(H,26,27). The summed E-state index contributed by atoms with van der Waals surface area (Å²) in [7, 11) is 0. The molecule has 0 aliphatic carbocycles. The quantitative estimate of drug-likeness (QED) is 0.630. The van der Waals surface area contributed by atoms with Gasteiger partial charge in [0.25, 0.3) is 5.91 Å². The summed E-state index contributed by atoms with van der Waals surface area (Å²) < 4.78 is 2.01. The number of carboxylic acids is 1. The molecule has 0 aliphatic heterocycles. The van der Waals surface area contributed by atoms with E-state index in [1.54, 1.807) is 36.7 Å². The molecule has 2 aromatic carbocycles. The average molecular weight is 420 g/mol. The van der Waals surface area contributed by atoms with E-state index in [0.717, 1.165) is 5.52 Å². The number of imidazole rings is 1. The van der Waals surface area contributed by atoms with Crippen molar-refractivity contribution in [2.24, 2.45) is 0 Å². The van der Waals surface area contributed by atoms with Crippen molar-refractivity contribution in [1.29, 1.82) is 0 Å². The fourth-order valence-corrected chi connectivity index (χ4v) is 3.30. The lowest BCUT2D eigenvalue weighted by atomic mass is 10.1. The van der Waals surface area contributed by atoms with Crippen molar-refractivity contribution in [3.63, 3.8) is 0 Å². The summed E-state index contributed by atoms with van der Waals surface area (Å²) in [4.78, 5) is 29.9. The van der Waals surface area contributed by atoms with Crippen LogP contribution in [0.3, 0.4) is 0 Å². The van der Waals surface area contributed by atoms with E-state index in [4.69, 9.17) is 23.2 Å². The molecular formula is C20H19Cl2N3O3. The molecule has 0 fully saturated rings. The maximum atomic E-state index is 13.0. The van der Waals surface area contributed by atoms with Gasteiger partial charge in [-0.25, -0.2) is 4.98 Å². The summed E-state index contributed by atoms with van der Waals surface area (Å²) in [6, 6.07) is 10.4. The first-order valence-electron chi connectivity index (χ1n) is 8.68. The van der Waals surface area contributed by atoms with E-state index >= 15 is 0 Å². The van der Waals surface area contributed by atoms with Crippen molar-refractivity contribution in [3.05, 3.63) is 63.9 Å². The van der Waals surface area contributed by atoms with Gasteiger partial charge in [-0.1, -0.05) is 29.3 Å². The van der Waals surface area contributed by atoms with Gasteiger partial charge in [0.1, 0.15) is 6.54 Å². The number of carbonyl (C=O) groups excluding carboxylic acids is 1. The van der Waals surface area contributed by atoms with Crippen molar-refractivity contribution in [1.82, 2.24) is 14.5 Å². The summed E-state index contributed by atoms with van der Waals surface area (Å²) in [6.45, 7) is 3.76. The van der Waals surface area contributed by atoms with Gasteiger partial charge in [-0.2, -0.15) is 0 Å². The highest BCUT2D eigenvalue weighted by Gasteiger charge is 2.20. The van der Waals surface area contributed by atoms with Crippen LogP contribution < -0.4 is 0 Å². The molecule has 0 radical (unpaired) electrons. The molecule has 3 rings (SSSR count). The third-order valence-electron chi connectivity index (χ3n) is 4.35. The Morgan fingerprint density at radius 2 is 1.89 bits per heavy atom. The Hall–Kier alpha value is -2.57. The number of benzene rings is 2. The Balaban J connectivity index is 1.91. The first kappa shape index (κ1) is 20.2. The third-order valence-corrected chi connectivity index (χ3v) is 5.09. The van der Waals surface area contributed by atoms with E-state index in [9.17, 15) is 14.7 Å². The molecule has 6 nitrogen and oxygen atoms in total. The van der Waals surface area contributed by atoms with E-state index in [-0.39, 0.29) is 12.6 Å². The highest BCUT2D eigenvalue weighted by atomic mass is 35.5. The molecule has 3 aromatic rings. The zero-order chi connectivity index (χ0) is 20.4. The second-order valence-corrected chi connectivity index (χ2v) is 7.57. The average Bonchev–Trinajstić information content (AvgIpc) is 3.06. The number of aromatic nitrogens is 2. The Labute approximate surface area is 172 Å². The number of nitrogens with zero attached hydrogens (tertiary/aromatic N) is 3. The van der Waals surface area contributed by atoms with Crippen molar-refractivity contribution < 1.29 is 14.7 Å². The topological polar surface area (TPSA) is 75.4 Å². The number of hydrogen-bond acceptors (Lipinski definition) is 3. The molecule has 0 unspecified atom stereocenters. The summed E-state index contributed by atoms with van der Waals surface area (Å²) in [5.74, 6) is -1.49. The Morgan fingerprint density at radius 3 is 2.54 bits per heavy atom. The van der Waals surface area contributed by atoms with Crippen molar-refractivity contribution >= 4 is 46.1 Å². The van der Waals surface area contributed by atoms with E-state index in [1.807, 2.05) is 24.5 Å². The molecule has 0 saturated carbocycles.